The second-order valence-electron chi connectivity index (χ2n) is 4.07. The third-order valence-corrected chi connectivity index (χ3v) is 2.78. The van der Waals surface area contributed by atoms with Gasteiger partial charge in [0.25, 0.3) is 0 Å². The van der Waals surface area contributed by atoms with Crippen LogP contribution in [0.15, 0.2) is 29.3 Å². The number of unbranched alkanes of at least 4 members (excludes halogenated alkanes) is 1. The molecule has 0 heterocycles. The van der Waals surface area contributed by atoms with E-state index in [1.165, 1.54) is 0 Å². The van der Waals surface area contributed by atoms with Crippen molar-refractivity contribution in [2.45, 2.75) is 25.9 Å². The lowest BCUT2D eigenvalue weighted by atomic mass is 10.1. The minimum absolute atomic E-state index is 0. The molecule has 0 amide bonds. The molecule has 1 aromatic carbocycles. The number of halogens is 2. The molecular formula is C13H21ClIN3O. The second kappa shape index (κ2) is 10.3. The Morgan fingerprint density at radius 2 is 2.05 bits per heavy atom. The molecule has 0 aliphatic heterocycles. The molecule has 0 fully saturated rings. The van der Waals surface area contributed by atoms with Crippen molar-refractivity contribution in [3.63, 3.8) is 0 Å². The number of guanidine groups is 1. The minimum atomic E-state index is -0.659. The van der Waals surface area contributed by atoms with Crippen molar-refractivity contribution in [2.24, 2.45) is 10.7 Å². The summed E-state index contributed by atoms with van der Waals surface area (Å²) < 4.78 is 0. The zero-order chi connectivity index (χ0) is 13.4. The molecule has 6 heteroatoms. The van der Waals surface area contributed by atoms with Crippen LogP contribution in [-0.4, -0.2) is 24.2 Å². The van der Waals surface area contributed by atoms with Crippen LogP contribution >= 0.6 is 35.6 Å². The van der Waals surface area contributed by atoms with Crippen LogP contribution in [0.4, 0.5) is 0 Å². The Morgan fingerprint density at radius 3 is 2.63 bits per heavy atom. The normalized spacial score (nSPS) is 12.7. The molecule has 0 bridgehead atoms. The second-order valence-corrected chi connectivity index (χ2v) is 4.51. The van der Waals surface area contributed by atoms with Crippen molar-refractivity contribution in [1.82, 2.24) is 5.32 Å². The van der Waals surface area contributed by atoms with E-state index in [0.29, 0.717) is 11.0 Å². The van der Waals surface area contributed by atoms with Gasteiger partial charge in [-0.1, -0.05) is 37.1 Å². The first kappa shape index (κ1) is 18.5. The van der Waals surface area contributed by atoms with E-state index < -0.39 is 6.10 Å². The summed E-state index contributed by atoms with van der Waals surface area (Å²) in [4.78, 5) is 4.10. The average molecular weight is 398 g/mol. The molecule has 0 spiro atoms. The lowest BCUT2D eigenvalue weighted by Gasteiger charge is -2.09. The minimum Gasteiger partial charge on any atom is -0.386 e. The van der Waals surface area contributed by atoms with Gasteiger partial charge in [-0.3, -0.25) is 4.99 Å². The molecule has 1 unspecified atom stereocenters. The Balaban J connectivity index is 0.00000324. The molecule has 0 aromatic heterocycles. The Labute approximate surface area is 136 Å². The van der Waals surface area contributed by atoms with Crippen molar-refractivity contribution >= 4 is 41.5 Å². The highest BCUT2D eigenvalue weighted by atomic mass is 127. The van der Waals surface area contributed by atoms with E-state index in [1.54, 1.807) is 24.3 Å². The van der Waals surface area contributed by atoms with Crippen LogP contribution in [0, 0.1) is 0 Å². The van der Waals surface area contributed by atoms with E-state index in [0.717, 1.165) is 24.9 Å². The van der Waals surface area contributed by atoms with Crippen LogP contribution in [-0.2, 0) is 0 Å². The van der Waals surface area contributed by atoms with Crippen LogP contribution in [0.5, 0.6) is 0 Å². The van der Waals surface area contributed by atoms with Crippen LogP contribution in [0.25, 0.3) is 0 Å². The van der Waals surface area contributed by atoms with E-state index >= 15 is 0 Å². The summed E-state index contributed by atoms with van der Waals surface area (Å²) in [5.41, 5.74) is 6.45. The topological polar surface area (TPSA) is 70.6 Å². The Morgan fingerprint density at radius 1 is 1.42 bits per heavy atom. The number of aliphatic hydroxyl groups excluding tert-OH is 1. The molecule has 0 aliphatic rings. The van der Waals surface area contributed by atoms with Crippen LogP contribution in [0.1, 0.15) is 31.4 Å². The molecular weight excluding hydrogens is 377 g/mol. The fourth-order valence-corrected chi connectivity index (χ4v) is 1.55. The predicted octanol–water partition coefficient (Wildman–Crippen LogP) is 2.70. The molecule has 4 N–H and O–H groups in total. The highest BCUT2D eigenvalue weighted by Gasteiger charge is 2.06. The summed E-state index contributed by atoms with van der Waals surface area (Å²) in [7, 11) is 0. The van der Waals surface area contributed by atoms with Crippen molar-refractivity contribution in [1.29, 1.82) is 0 Å². The maximum absolute atomic E-state index is 9.90. The summed E-state index contributed by atoms with van der Waals surface area (Å²) in [6, 6.07) is 7.05. The van der Waals surface area contributed by atoms with Gasteiger partial charge in [-0.2, -0.15) is 0 Å². The molecule has 4 nitrogen and oxygen atoms in total. The first-order chi connectivity index (χ1) is 8.63. The van der Waals surface area contributed by atoms with E-state index in [1.807, 2.05) is 0 Å². The van der Waals surface area contributed by atoms with Crippen molar-refractivity contribution < 1.29 is 5.11 Å². The van der Waals surface area contributed by atoms with Gasteiger partial charge in [-0.25, -0.2) is 0 Å². The van der Waals surface area contributed by atoms with E-state index in [2.05, 4.69) is 17.2 Å². The summed E-state index contributed by atoms with van der Waals surface area (Å²) in [6.45, 7) is 3.16. The molecule has 0 saturated heterocycles. The van der Waals surface area contributed by atoms with E-state index in [4.69, 9.17) is 17.3 Å². The number of nitrogens with one attached hydrogen (secondary N) is 1. The van der Waals surface area contributed by atoms with Crippen molar-refractivity contribution in [2.75, 3.05) is 13.1 Å². The smallest absolute Gasteiger partial charge is 0.188 e. The van der Waals surface area contributed by atoms with Crippen molar-refractivity contribution in [3.05, 3.63) is 34.9 Å². The molecule has 19 heavy (non-hydrogen) atoms. The fourth-order valence-electron chi connectivity index (χ4n) is 1.42. The maximum atomic E-state index is 9.90. The Hall–Kier alpha value is -0.530. The summed E-state index contributed by atoms with van der Waals surface area (Å²) in [6.07, 6.45) is 1.50. The van der Waals surface area contributed by atoms with Gasteiger partial charge in [0, 0.05) is 11.6 Å². The Bertz CT molecular complexity index is 384. The highest BCUT2D eigenvalue weighted by molar-refractivity contribution is 14.0. The summed E-state index contributed by atoms with van der Waals surface area (Å²) >= 11 is 5.78. The third-order valence-electron chi connectivity index (χ3n) is 2.53. The number of aliphatic imine (C=N–C) groups is 1. The van der Waals surface area contributed by atoms with Gasteiger partial charge in [0.15, 0.2) is 5.96 Å². The van der Waals surface area contributed by atoms with Crippen LogP contribution < -0.4 is 11.1 Å². The zero-order valence-corrected chi connectivity index (χ0v) is 14.1. The Kier molecular flexibility index (Phi) is 9.99. The average Bonchev–Trinajstić information content (AvgIpc) is 2.37. The number of aliphatic hydroxyl groups is 1. The number of nitrogens with zero attached hydrogens (tertiary/aromatic N) is 1. The fraction of sp³-hybridized carbons (Fsp3) is 0.462. The molecule has 1 aromatic rings. The monoisotopic (exact) mass is 397 g/mol. The number of hydrogen-bond acceptors (Lipinski definition) is 2. The van der Waals surface area contributed by atoms with E-state index in [-0.39, 0.29) is 30.5 Å². The maximum Gasteiger partial charge on any atom is 0.188 e. The first-order valence-electron chi connectivity index (χ1n) is 6.10. The molecule has 0 saturated carbocycles. The third kappa shape index (κ3) is 7.59. The number of nitrogens with two attached hydrogens (primary N) is 1. The highest BCUT2D eigenvalue weighted by Crippen LogP contribution is 2.16. The molecule has 1 rings (SSSR count). The van der Waals surface area contributed by atoms with Gasteiger partial charge in [0.2, 0.25) is 0 Å². The van der Waals surface area contributed by atoms with Gasteiger partial charge >= 0.3 is 0 Å². The molecule has 0 radical (unpaired) electrons. The number of hydrogen-bond donors (Lipinski definition) is 3. The predicted molar refractivity (Wildman–Crippen MR) is 91.2 cm³/mol. The number of benzene rings is 1. The van der Waals surface area contributed by atoms with Crippen molar-refractivity contribution in [3.8, 4) is 0 Å². The van der Waals surface area contributed by atoms with E-state index in [9.17, 15) is 5.11 Å². The van der Waals surface area contributed by atoms with Gasteiger partial charge in [-0.05, 0) is 24.1 Å². The quantitative estimate of drug-likeness (QED) is 0.299. The molecule has 1 atom stereocenters. The number of rotatable bonds is 6. The molecule has 0 aliphatic carbocycles. The summed E-state index contributed by atoms with van der Waals surface area (Å²) in [5.74, 6) is 0.372. The van der Waals surface area contributed by atoms with Crippen LogP contribution in [0.2, 0.25) is 5.02 Å². The van der Waals surface area contributed by atoms with Crippen LogP contribution in [0.3, 0.4) is 0 Å². The largest absolute Gasteiger partial charge is 0.386 e. The van der Waals surface area contributed by atoms with Gasteiger partial charge in [0.1, 0.15) is 0 Å². The van der Waals surface area contributed by atoms with Gasteiger partial charge in [0.05, 0.1) is 12.6 Å². The molecule has 108 valence electrons. The zero-order valence-electron chi connectivity index (χ0n) is 11.0. The first-order valence-corrected chi connectivity index (χ1v) is 6.48. The van der Waals surface area contributed by atoms with Gasteiger partial charge < -0.3 is 16.2 Å². The van der Waals surface area contributed by atoms with Gasteiger partial charge in [-0.15, -0.1) is 24.0 Å². The SMILES string of the molecule is CCCCNC(N)=NCC(O)c1ccc(Cl)cc1.I. The summed E-state index contributed by atoms with van der Waals surface area (Å²) in [5, 5.41) is 13.5. The standard InChI is InChI=1S/C13H20ClN3O.HI/c1-2-3-8-16-13(15)17-9-12(18)10-4-6-11(14)7-5-10;/h4-7,12,18H,2-3,8-9H2,1H3,(H3,15,16,17);1H. The lowest BCUT2D eigenvalue weighted by Crippen LogP contribution is -2.32. The lowest BCUT2D eigenvalue weighted by molar-refractivity contribution is 0.187.